The Balaban J connectivity index is 1.40. The number of aromatic nitrogens is 4. The SMILES string of the molecule is CCOc1ccc(-n2c(S[C@H](C)C(=O)Nc3ccc4c(c3)OCO4)nnc2-c2cccnc2)cc1. The summed E-state index contributed by atoms with van der Waals surface area (Å²) in [5, 5.41) is 11.9. The van der Waals surface area contributed by atoms with Crippen LogP contribution in [0.25, 0.3) is 17.1 Å². The van der Waals surface area contributed by atoms with Crippen molar-refractivity contribution >= 4 is 23.4 Å². The van der Waals surface area contributed by atoms with E-state index in [0.29, 0.717) is 34.8 Å². The topological polar surface area (TPSA) is 100 Å². The van der Waals surface area contributed by atoms with Gasteiger partial charge in [0.1, 0.15) is 5.75 Å². The fourth-order valence-corrected chi connectivity index (χ4v) is 4.42. The highest BCUT2D eigenvalue weighted by Gasteiger charge is 2.23. The van der Waals surface area contributed by atoms with Gasteiger partial charge in [-0.1, -0.05) is 11.8 Å². The van der Waals surface area contributed by atoms with Gasteiger partial charge in [0.15, 0.2) is 22.5 Å². The summed E-state index contributed by atoms with van der Waals surface area (Å²) in [6.07, 6.45) is 3.44. The van der Waals surface area contributed by atoms with Gasteiger partial charge >= 0.3 is 0 Å². The zero-order chi connectivity index (χ0) is 24.2. The molecule has 1 amide bonds. The lowest BCUT2D eigenvalue weighted by atomic mass is 10.2. The van der Waals surface area contributed by atoms with E-state index in [1.165, 1.54) is 11.8 Å². The minimum atomic E-state index is -0.451. The summed E-state index contributed by atoms with van der Waals surface area (Å²) in [6.45, 7) is 4.54. The molecule has 9 nitrogen and oxygen atoms in total. The van der Waals surface area contributed by atoms with Gasteiger partial charge in [0, 0.05) is 35.4 Å². The van der Waals surface area contributed by atoms with Crippen molar-refractivity contribution in [1.82, 2.24) is 19.7 Å². The third-order valence-corrected chi connectivity index (χ3v) is 6.29. The van der Waals surface area contributed by atoms with E-state index in [-0.39, 0.29) is 12.7 Å². The van der Waals surface area contributed by atoms with Crippen LogP contribution >= 0.6 is 11.8 Å². The lowest BCUT2D eigenvalue weighted by Gasteiger charge is -2.14. The molecule has 2 aromatic carbocycles. The van der Waals surface area contributed by atoms with Crippen LogP contribution in [0.3, 0.4) is 0 Å². The van der Waals surface area contributed by atoms with Gasteiger partial charge in [0.2, 0.25) is 12.7 Å². The first-order valence-corrected chi connectivity index (χ1v) is 12.0. The van der Waals surface area contributed by atoms with Gasteiger partial charge in [-0.3, -0.25) is 14.3 Å². The maximum Gasteiger partial charge on any atom is 0.237 e. The molecule has 10 heteroatoms. The van der Waals surface area contributed by atoms with Gasteiger partial charge in [-0.15, -0.1) is 10.2 Å². The van der Waals surface area contributed by atoms with E-state index in [0.717, 1.165) is 17.0 Å². The van der Waals surface area contributed by atoms with Crippen LogP contribution in [0.2, 0.25) is 0 Å². The molecule has 4 aromatic rings. The van der Waals surface area contributed by atoms with E-state index < -0.39 is 5.25 Å². The number of carbonyl (C=O) groups is 1. The molecule has 0 aliphatic carbocycles. The number of nitrogens with zero attached hydrogens (tertiary/aromatic N) is 4. The number of thioether (sulfide) groups is 1. The third-order valence-electron chi connectivity index (χ3n) is 5.25. The number of fused-ring (bicyclic) bond motifs is 1. The average Bonchev–Trinajstić information content (AvgIpc) is 3.52. The number of nitrogens with one attached hydrogen (secondary N) is 1. The van der Waals surface area contributed by atoms with Crippen molar-refractivity contribution in [1.29, 1.82) is 0 Å². The van der Waals surface area contributed by atoms with Crippen molar-refractivity contribution in [2.24, 2.45) is 0 Å². The van der Waals surface area contributed by atoms with Crippen molar-refractivity contribution < 1.29 is 19.0 Å². The molecule has 2 aromatic heterocycles. The second-order valence-corrected chi connectivity index (χ2v) is 8.94. The third kappa shape index (κ3) is 4.92. The molecule has 0 fully saturated rings. The van der Waals surface area contributed by atoms with Crippen molar-refractivity contribution in [2.45, 2.75) is 24.3 Å². The number of ether oxygens (including phenoxy) is 3. The Hall–Kier alpha value is -4.05. The molecule has 1 aliphatic heterocycles. The molecule has 1 atom stereocenters. The van der Waals surface area contributed by atoms with E-state index in [9.17, 15) is 4.79 Å². The van der Waals surface area contributed by atoms with Gasteiger partial charge in [0.25, 0.3) is 0 Å². The molecule has 0 bridgehead atoms. The first-order chi connectivity index (χ1) is 17.1. The molecule has 0 saturated heterocycles. The zero-order valence-electron chi connectivity index (χ0n) is 19.2. The van der Waals surface area contributed by atoms with Crippen LogP contribution in [-0.2, 0) is 4.79 Å². The van der Waals surface area contributed by atoms with Crippen molar-refractivity contribution in [3.05, 3.63) is 67.0 Å². The summed E-state index contributed by atoms with van der Waals surface area (Å²) in [4.78, 5) is 17.2. The monoisotopic (exact) mass is 489 g/mol. The van der Waals surface area contributed by atoms with Gasteiger partial charge in [-0.25, -0.2) is 0 Å². The molecular weight excluding hydrogens is 466 g/mol. The van der Waals surface area contributed by atoms with E-state index in [4.69, 9.17) is 14.2 Å². The number of anilines is 1. The van der Waals surface area contributed by atoms with Crippen LogP contribution in [-0.4, -0.2) is 44.3 Å². The predicted octanol–water partition coefficient (Wildman–Crippen LogP) is 4.58. The molecule has 0 spiro atoms. The Morgan fingerprint density at radius 3 is 2.74 bits per heavy atom. The molecule has 178 valence electrons. The lowest BCUT2D eigenvalue weighted by Crippen LogP contribution is -2.22. The second-order valence-electron chi connectivity index (χ2n) is 7.63. The van der Waals surface area contributed by atoms with E-state index in [1.807, 2.05) is 54.8 Å². The zero-order valence-corrected chi connectivity index (χ0v) is 20.0. The smallest absolute Gasteiger partial charge is 0.237 e. The quantitative estimate of drug-likeness (QED) is 0.359. The number of hydrogen-bond donors (Lipinski definition) is 1. The summed E-state index contributed by atoms with van der Waals surface area (Å²) in [7, 11) is 0. The number of pyridine rings is 1. The van der Waals surface area contributed by atoms with E-state index >= 15 is 0 Å². The first-order valence-electron chi connectivity index (χ1n) is 11.1. The molecule has 0 radical (unpaired) electrons. The Labute approximate surface area is 206 Å². The minimum absolute atomic E-state index is 0.168. The first kappa shape index (κ1) is 22.7. The maximum atomic E-state index is 13.0. The molecule has 1 N–H and O–H groups in total. The number of amides is 1. The lowest BCUT2D eigenvalue weighted by molar-refractivity contribution is -0.115. The predicted molar refractivity (Wildman–Crippen MR) is 132 cm³/mol. The average molecular weight is 490 g/mol. The van der Waals surface area contributed by atoms with Crippen molar-refractivity contribution in [3.63, 3.8) is 0 Å². The Morgan fingerprint density at radius 2 is 1.97 bits per heavy atom. The van der Waals surface area contributed by atoms with Crippen LogP contribution in [0, 0.1) is 0 Å². The maximum absolute atomic E-state index is 13.0. The highest BCUT2D eigenvalue weighted by Crippen LogP contribution is 2.35. The largest absolute Gasteiger partial charge is 0.494 e. The Kier molecular flexibility index (Phi) is 6.53. The van der Waals surface area contributed by atoms with Gasteiger partial charge < -0.3 is 19.5 Å². The summed E-state index contributed by atoms with van der Waals surface area (Å²) in [5.41, 5.74) is 2.30. The Bertz CT molecular complexity index is 1330. The van der Waals surface area contributed by atoms with Gasteiger partial charge in [0.05, 0.1) is 11.9 Å². The van der Waals surface area contributed by atoms with E-state index in [1.54, 1.807) is 30.6 Å². The molecule has 5 rings (SSSR count). The number of hydrogen-bond acceptors (Lipinski definition) is 8. The fourth-order valence-electron chi connectivity index (χ4n) is 3.55. The summed E-state index contributed by atoms with van der Waals surface area (Å²) in [5.74, 6) is 2.51. The highest BCUT2D eigenvalue weighted by atomic mass is 32.2. The van der Waals surface area contributed by atoms with Crippen LogP contribution in [0.15, 0.2) is 72.1 Å². The van der Waals surface area contributed by atoms with Crippen LogP contribution in [0.1, 0.15) is 13.8 Å². The van der Waals surface area contributed by atoms with E-state index in [2.05, 4.69) is 20.5 Å². The van der Waals surface area contributed by atoms with Crippen LogP contribution in [0.4, 0.5) is 5.69 Å². The molecule has 0 saturated carbocycles. The Morgan fingerprint density at radius 1 is 1.14 bits per heavy atom. The number of rotatable bonds is 8. The summed E-state index contributed by atoms with van der Waals surface area (Å²) in [6, 6.07) is 16.8. The van der Waals surface area contributed by atoms with Crippen LogP contribution in [0.5, 0.6) is 17.2 Å². The molecule has 35 heavy (non-hydrogen) atoms. The van der Waals surface area contributed by atoms with Gasteiger partial charge in [-0.2, -0.15) is 0 Å². The second kappa shape index (κ2) is 10.1. The molecule has 3 heterocycles. The van der Waals surface area contributed by atoms with Crippen molar-refractivity contribution in [3.8, 4) is 34.3 Å². The molecular formula is C25H23N5O4S. The van der Waals surface area contributed by atoms with Gasteiger partial charge in [-0.05, 0) is 62.4 Å². The van der Waals surface area contributed by atoms with Crippen molar-refractivity contribution in [2.75, 3.05) is 18.7 Å². The number of carbonyl (C=O) groups excluding carboxylic acids is 1. The highest BCUT2D eigenvalue weighted by molar-refractivity contribution is 8.00. The normalized spacial score (nSPS) is 12.9. The molecule has 0 unspecified atom stereocenters. The summed E-state index contributed by atoms with van der Waals surface area (Å²) >= 11 is 1.32. The summed E-state index contributed by atoms with van der Waals surface area (Å²) < 4.78 is 18.2. The van der Waals surface area contributed by atoms with Crippen LogP contribution < -0.4 is 19.5 Å². The fraction of sp³-hybridized carbons (Fsp3) is 0.200. The number of benzene rings is 2. The standard InChI is InChI=1S/C25H23N5O4S/c1-3-32-20-9-7-19(8-10-20)30-23(17-5-4-12-26-14-17)28-29-25(30)35-16(2)24(31)27-18-6-11-21-22(13-18)34-15-33-21/h4-14,16H,3,15H2,1-2H3,(H,27,31)/t16-/m1/s1. The minimum Gasteiger partial charge on any atom is -0.494 e. The molecule has 1 aliphatic rings.